The largest absolute Gasteiger partial charge is 1.00 e. The zero-order valence-electron chi connectivity index (χ0n) is 4.41. The first-order valence-corrected chi connectivity index (χ1v) is 2.53. The number of rotatable bonds is 0. The van der Waals surface area contributed by atoms with Crippen LogP contribution < -0.4 is 67.9 Å². The van der Waals surface area contributed by atoms with Crippen LogP contribution in [0.5, 0.6) is 0 Å². The molecule has 0 amide bonds. The van der Waals surface area contributed by atoms with E-state index < -0.39 is 0 Å². The van der Waals surface area contributed by atoms with E-state index in [-0.39, 0.29) is 67.9 Å². The minimum Gasteiger partial charge on any atom is -1.00 e. The maximum Gasteiger partial charge on any atom is -1.00 e. The van der Waals surface area contributed by atoms with E-state index in [1.54, 1.807) is 0 Å². The van der Waals surface area contributed by atoms with Gasteiger partial charge in [0, 0.05) is 0 Å². The molecule has 0 atom stereocenters. The predicted octanol–water partition coefficient (Wildman–Crippen LogP) is -12.0. The van der Waals surface area contributed by atoms with Gasteiger partial charge in [0.05, 0.1) is 0 Å². The molecule has 8 heavy (non-hydrogen) atoms. The zero-order chi connectivity index (χ0) is 3.58. The van der Waals surface area contributed by atoms with Gasteiger partial charge in [0.1, 0.15) is 0 Å². The van der Waals surface area contributed by atoms with Crippen LogP contribution in [-0.4, -0.2) is 17.4 Å². The monoisotopic (exact) mass is 541 g/mol. The third-order valence-corrected chi connectivity index (χ3v) is 0. The molecule has 0 rings (SSSR count). The van der Waals surface area contributed by atoms with Gasteiger partial charge < -0.3 is 67.9 Å². The molecule has 0 unspecified atom stereocenters. The molecule has 0 aromatic carbocycles. The van der Waals surface area contributed by atoms with E-state index in [1.807, 2.05) is 14.1 Å². The van der Waals surface area contributed by atoms with E-state index in [2.05, 4.69) is 3.30 Å². The number of halogens is 4. The van der Waals surface area contributed by atoms with Gasteiger partial charge in [-0.05, 0) is 0 Å². The Morgan fingerprint density at radius 2 is 0.875 bits per heavy atom. The summed E-state index contributed by atoms with van der Waals surface area (Å²) in [6.07, 6.45) is 0. The first kappa shape index (κ1) is 31.1. The minimum absolute atomic E-state index is 0. The first-order valence-electron chi connectivity index (χ1n) is 1.09. The molecule has 0 aliphatic heterocycles. The summed E-state index contributed by atoms with van der Waals surface area (Å²) in [5.41, 5.74) is 0. The van der Waals surface area contributed by atoms with Gasteiger partial charge in [-0.15, -0.1) is 0 Å². The molecule has 0 saturated heterocycles. The molecule has 0 spiro atoms. The Labute approximate surface area is 105 Å². The average molecular weight is 545 g/mol. The second-order valence-electron chi connectivity index (χ2n) is 0.847. The fraction of sp³-hybridized carbons (Fsp3) is 1.00. The van der Waals surface area contributed by atoms with Crippen LogP contribution in [0, 0.1) is 0 Å². The summed E-state index contributed by atoms with van der Waals surface area (Å²) in [5.74, 6) is 0. The van der Waals surface area contributed by atoms with Crippen LogP contribution in [0.2, 0.25) is 0 Å². The molecule has 0 saturated carbocycles. The zero-order valence-corrected chi connectivity index (χ0v) is 14.0. The summed E-state index contributed by atoms with van der Waals surface area (Å²) in [7, 11) is 4.10. The fourth-order valence-electron chi connectivity index (χ4n) is 0. The van der Waals surface area contributed by atoms with Crippen LogP contribution in [0.25, 0.3) is 0 Å². The van der Waals surface area contributed by atoms with Crippen molar-refractivity contribution in [2.24, 2.45) is 0 Å². The smallest absolute Gasteiger partial charge is 1.00 e. The van der Waals surface area contributed by atoms with Gasteiger partial charge >= 0.3 is 38.7 Å². The van der Waals surface area contributed by atoms with Gasteiger partial charge in [-0.25, -0.2) is 0 Å². The van der Waals surface area contributed by atoms with Crippen molar-refractivity contribution < 1.29 is 89.3 Å². The molecule has 0 aliphatic rings. The van der Waals surface area contributed by atoms with Gasteiger partial charge in [0.2, 0.25) is 0 Å². The summed E-state index contributed by atoms with van der Waals surface area (Å²) >= 11 is 1.35. The Bertz CT molecular complexity index is 18.8. The van der Waals surface area contributed by atoms with Crippen molar-refractivity contribution in [3.63, 3.8) is 0 Å². The molecule has 0 aromatic heterocycles. The molecule has 0 aliphatic carbocycles. The summed E-state index contributed by atoms with van der Waals surface area (Å²) < 4.78 is 2.11. The van der Waals surface area contributed by atoms with E-state index in [0.29, 0.717) is 0 Å². The standard InChI is InChI=1S/C2H6N.4BrH.Ta/c1-3-2;;;;;/h1-2H3;4*1H;/q-1;;;;;+5/p-4. The van der Waals surface area contributed by atoms with E-state index in [0.717, 1.165) is 0 Å². The van der Waals surface area contributed by atoms with Crippen LogP contribution in [0.1, 0.15) is 0 Å². The second-order valence-corrected chi connectivity index (χ2v) is 3.72. The molecule has 0 N–H and O–H groups in total. The number of hydrogen-bond donors (Lipinski definition) is 0. The molecule has 1 nitrogen and oxygen atoms in total. The average Bonchev–Trinajstić information content (AvgIpc) is 0.811. The SMILES string of the molecule is C[N](C)[Ta+4].[Br-].[Br-].[Br-].[Br-]. The van der Waals surface area contributed by atoms with Gasteiger partial charge in [-0.2, -0.15) is 0 Å². The van der Waals surface area contributed by atoms with Crippen molar-refractivity contribution in [2.75, 3.05) is 14.1 Å². The molecular formula is C2H6Br4NTa. The molecule has 0 aromatic rings. The van der Waals surface area contributed by atoms with Crippen LogP contribution >= 0.6 is 0 Å². The topological polar surface area (TPSA) is 3.24 Å². The van der Waals surface area contributed by atoms with Gasteiger partial charge in [0.15, 0.2) is 0 Å². The normalized spacial score (nSPS) is 4.62. The van der Waals surface area contributed by atoms with Crippen molar-refractivity contribution in [3.05, 3.63) is 0 Å². The number of hydrogen-bond acceptors (Lipinski definition) is 1. The first-order chi connectivity index (χ1) is 1.73. The van der Waals surface area contributed by atoms with Crippen molar-refractivity contribution in [1.29, 1.82) is 0 Å². The molecular weight excluding hydrogens is 539 g/mol. The maximum atomic E-state index is 2.11. The van der Waals surface area contributed by atoms with Crippen LogP contribution in [0.4, 0.5) is 0 Å². The van der Waals surface area contributed by atoms with Gasteiger partial charge in [-0.1, -0.05) is 0 Å². The summed E-state index contributed by atoms with van der Waals surface area (Å²) in [6, 6.07) is 0. The van der Waals surface area contributed by atoms with Crippen LogP contribution in [0.3, 0.4) is 0 Å². The molecule has 52 valence electrons. The van der Waals surface area contributed by atoms with E-state index in [4.69, 9.17) is 0 Å². The fourth-order valence-corrected chi connectivity index (χ4v) is 0. The third-order valence-electron chi connectivity index (χ3n) is 0. The number of nitrogens with zero attached hydrogens (tertiary/aromatic N) is 1. The molecule has 0 bridgehead atoms. The van der Waals surface area contributed by atoms with E-state index >= 15 is 0 Å². The second kappa shape index (κ2) is 22.6. The minimum atomic E-state index is 0. The van der Waals surface area contributed by atoms with Crippen molar-refractivity contribution in [2.45, 2.75) is 0 Å². The Balaban J connectivity index is -0.00000000750. The Morgan fingerprint density at radius 3 is 0.875 bits per heavy atom. The summed E-state index contributed by atoms with van der Waals surface area (Å²) in [5, 5.41) is 0. The Kier molecular flexibility index (Phi) is 88.0. The van der Waals surface area contributed by atoms with Crippen LogP contribution in [-0.2, 0) is 21.3 Å². The Morgan fingerprint density at radius 1 is 0.875 bits per heavy atom. The van der Waals surface area contributed by atoms with E-state index in [1.165, 1.54) is 21.3 Å². The summed E-state index contributed by atoms with van der Waals surface area (Å²) in [4.78, 5) is 0. The predicted molar refractivity (Wildman–Crippen MR) is 13.7 cm³/mol. The van der Waals surface area contributed by atoms with Crippen LogP contribution in [0.15, 0.2) is 0 Å². The van der Waals surface area contributed by atoms with Crippen molar-refractivity contribution >= 4 is 0 Å². The van der Waals surface area contributed by atoms with Gasteiger partial charge in [0.25, 0.3) is 0 Å². The molecule has 0 heterocycles. The molecule has 0 radical (unpaired) electrons. The van der Waals surface area contributed by atoms with Crippen molar-refractivity contribution in [1.82, 2.24) is 3.30 Å². The Hall–Kier alpha value is 2.62. The van der Waals surface area contributed by atoms with E-state index in [9.17, 15) is 0 Å². The van der Waals surface area contributed by atoms with Gasteiger partial charge in [-0.3, -0.25) is 0 Å². The summed E-state index contributed by atoms with van der Waals surface area (Å²) in [6.45, 7) is 0. The molecule has 0 fully saturated rings. The van der Waals surface area contributed by atoms with Crippen molar-refractivity contribution in [3.8, 4) is 0 Å². The maximum absolute atomic E-state index is 2.11. The molecule has 6 heteroatoms. The quantitative estimate of drug-likeness (QED) is 0.293. The third kappa shape index (κ3) is 72.9.